The Labute approximate surface area is 200 Å². The number of hydrogen-bond donors (Lipinski definition) is 2. The number of halogens is 3. The van der Waals surface area contributed by atoms with E-state index in [2.05, 4.69) is 20.5 Å². The third-order valence-electron chi connectivity index (χ3n) is 5.89. The third-order valence-corrected chi connectivity index (χ3v) is 6.93. The van der Waals surface area contributed by atoms with Crippen LogP contribution in [0.3, 0.4) is 0 Å². The SMILES string of the molecule is CC.Cc1nc(N2CCC(C3CCCCN3)C2)nc(NCc2ccc(Cl)cc2Cl)c1Cl. The van der Waals surface area contributed by atoms with E-state index in [1.807, 2.05) is 32.9 Å². The standard InChI is InChI=1S/C21H26Cl3N5.C2H6/c1-13-19(24)20(26-11-14-5-6-16(22)10-17(14)23)28-21(27-13)29-9-7-15(12-29)18-4-2-3-8-25-18;1-2/h5-6,10,15,18,25H,2-4,7-9,11-12H2,1H3,(H,26,27,28);1-2H3. The van der Waals surface area contributed by atoms with Gasteiger partial charge in [-0.1, -0.05) is 61.1 Å². The lowest BCUT2D eigenvalue weighted by molar-refractivity contribution is 0.311. The first-order valence-corrected chi connectivity index (χ1v) is 12.3. The molecule has 1 aromatic heterocycles. The zero-order valence-electron chi connectivity index (χ0n) is 18.5. The van der Waals surface area contributed by atoms with Crippen molar-refractivity contribution in [2.75, 3.05) is 29.9 Å². The van der Waals surface area contributed by atoms with Crippen LogP contribution in [0, 0.1) is 12.8 Å². The van der Waals surface area contributed by atoms with Crippen molar-refractivity contribution in [2.45, 2.75) is 59.0 Å². The second kappa shape index (κ2) is 11.6. The van der Waals surface area contributed by atoms with Crippen LogP contribution in [0.15, 0.2) is 18.2 Å². The zero-order chi connectivity index (χ0) is 22.4. The smallest absolute Gasteiger partial charge is 0.227 e. The Balaban J connectivity index is 0.00000132. The highest BCUT2D eigenvalue weighted by Crippen LogP contribution is 2.31. The number of hydrogen-bond acceptors (Lipinski definition) is 5. The van der Waals surface area contributed by atoms with Gasteiger partial charge in [-0.15, -0.1) is 0 Å². The summed E-state index contributed by atoms with van der Waals surface area (Å²) in [5.41, 5.74) is 1.72. The maximum atomic E-state index is 6.48. The molecule has 1 aromatic carbocycles. The van der Waals surface area contributed by atoms with E-state index in [1.165, 1.54) is 25.7 Å². The van der Waals surface area contributed by atoms with Crippen LogP contribution < -0.4 is 15.5 Å². The van der Waals surface area contributed by atoms with Gasteiger partial charge in [-0.25, -0.2) is 4.98 Å². The van der Waals surface area contributed by atoms with Gasteiger partial charge in [0.05, 0.1) is 5.69 Å². The number of aryl methyl sites for hydroxylation is 1. The molecule has 2 atom stereocenters. The van der Waals surface area contributed by atoms with E-state index < -0.39 is 0 Å². The van der Waals surface area contributed by atoms with Gasteiger partial charge in [-0.2, -0.15) is 4.98 Å². The molecule has 0 radical (unpaired) electrons. The predicted octanol–water partition coefficient (Wildman–Crippen LogP) is 6.35. The molecule has 2 unspecified atom stereocenters. The third kappa shape index (κ3) is 6.16. The highest BCUT2D eigenvalue weighted by atomic mass is 35.5. The molecule has 2 N–H and O–H groups in total. The van der Waals surface area contributed by atoms with Crippen molar-refractivity contribution >= 4 is 46.6 Å². The van der Waals surface area contributed by atoms with Crippen LogP contribution in [0.2, 0.25) is 15.1 Å². The van der Waals surface area contributed by atoms with Gasteiger partial charge in [-0.05, 0) is 56.3 Å². The molecule has 0 aliphatic carbocycles. The molecule has 2 saturated heterocycles. The van der Waals surface area contributed by atoms with E-state index in [9.17, 15) is 0 Å². The molecule has 2 fully saturated rings. The number of nitrogens with one attached hydrogen (secondary N) is 2. The molecule has 3 heterocycles. The Morgan fingerprint density at radius 2 is 1.94 bits per heavy atom. The van der Waals surface area contributed by atoms with Gasteiger partial charge >= 0.3 is 0 Å². The van der Waals surface area contributed by atoms with E-state index in [-0.39, 0.29) is 0 Å². The Kier molecular flexibility index (Phi) is 9.08. The Morgan fingerprint density at radius 3 is 2.65 bits per heavy atom. The van der Waals surface area contributed by atoms with Gasteiger partial charge in [0, 0.05) is 35.7 Å². The Bertz CT molecular complexity index is 871. The zero-order valence-corrected chi connectivity index (χ0v) is 20.8. The number of aromatic nitrogens is 2. The lowest BCUT2D eigenvalue weighted by Gasteiger charge is -2.29. The number of nitrogens with zero attached hydrogens (tertiary/aromatic N) is 3. The summed E-state index contributed by atoms with van der Waals surface area (Å²) in [6.45, 7) is 9.54. The van der Waals surface area contributed by atoms with Crippen molar-refractivity contribution in [3.63, 3.8) is 0 Å². The van der Waals surface area contributed by atoms with Gasteiger partial charge in [-0.3, -0.25) is 0 Å². The minimum Gasteiger partial charge on any atom is -0.365 e. The van der Waals surface area contributed by atoms with E-state index in [0.29, 0.717) is 39.4 Å². The Hall–Kier alpha value is -1.27. The lowest BCUT2D eigenvalue weighted by atomic mass is 9.91. The van der Waals surface area contributed by atoms with Gasteiger partial charge < -0.3 is 15.5 Å². The van der Waals surface area contributed by atoms with E-state index >= 15 is 0 Å². The fraction of sp³-hybridized carbons (Fsp3) is 0.565. The molecule has 170 valence electrons. The molecule has 31 heavy (non-hydrogen) atoms. The fourth-order valence-corrected chi connectivity index (χ4v) is 4.85. The summed E-state index contributed by atoms with van der Waals surface area (Å²) in [7, 11) is 0. The summed E-state index contributed by atoms with van der Waals surface area (Å²) in [6.07, 6.45) is 5.06. The summed E-state index contributed by atoms with van der Waals surface area (Å²) < 4.78 is 0. The molecule has 8 heteroatoms. The van der Waals surface area contributed by atoms with Crippen LogP contribution >= 0.6 is 34.8 Å². The van der Waals surface area contributed by atoms with Crippen molar-refractivity contribution in [1.29, 1.82) is 0 Å². The monoisotopic (exact) mass is 483 g/mol. The van der Waals surface area contributed by atoms with Crippen molar-refractivity contribution in [2.24, 2.45) is 5.92 Å². The van der Waals surface area contributed by atoms with Gasteiger partial charge in [0.1, 0.15) is 5.02 Å². The van der Waals surface area contributed by atoms with Crippen molar-refractivity contribution in [3.05, 3.63) is 44.5 Å². The number of benzene rings is 1. The van der Waals surface area contributed by atoms with Crippen LogP contribution in [0.1, 0.15) is 50.8 Å². The molecule has 4 rings (SSSR count). The minimum absolute atomic E-state index is 0.514. The first-order valence-electron chi connectivity index (χ1n) is 11.2. The molecule has 5 nitrogen and oxygen atoms in total. The molecule has 0 amide bonds. The molecular formula is C23H32Cl3N5. The first-order chi connectivity index (χ1) is 15.0. The summed E-state index contributed by atoms with van der Waals surface area (Å²) in [5, 5.41) is 8.79. The molecule has 2 aliphatic heterocycles. The summed E-state index contributed by atoms with van der Waals surface area (Å²) in [6, 6.07) is 6.09. The molecular weight excluding hydrogens is 453 g/mol. The molecule has 2 aromatic rings. The van der Waals surface area contributed by atoms with E-state index in [4.69, 9.17) is 39.8 Å². The average Bonchev–Trinajstić information content (AvgIpc) is 3.28. The van der Waals surface area contributed by atoms with Crippen LogP contribution in [0.4, 0.5) is 11.8 Å². The fourth-order valence-electron chi connectivity index (χ4n) is 4.23. The minimum atomic E-state index is 0.514. The quantitative estimate of drug-likeness (QED) is 0.518. The molecule has 2 aliphatic rings. The summed E-state index contributed by atoms with van der Waals surface area (Å²) in [4.78, 5) is 11.7. The normalized spacial score (nSPS) is 20.9. The van der Waals surface area contributed by atoms with Gasteiger partial charge in [0.15, 0.2) is 5.82 Å². The highest BCUT2D eigenvalue weighted by Gasteiger charge is 2.31. The van der Waals surface area contributed by atoms with E-state index in [0.717, 1.165) is 36.8 Å². The van der Waals surface area contributed by atoms with Crippen LogP contribution in [-0.2, 0) is 6.54 Å². The van der Waals surface area contributed by atoms with Gasteiger partial charge in [0.25, 0.3) is 0 Å². The first kappa shape index (κ1) is 24.4. The summed E-state index contributed by atoms with van der Waals surface area (Å²) >= 11 is 18.8. The second-order valence-corrected chi connectivity index (χ2v) is 9.13. The maximum absolute atomic E-state index is 6.48. The maximum Gasteiger partial charge on any atom is 0.227 e. The van der Waals surface area contributed by atoms with Crippen LogP contribution in [0.5, 0.6) is 0 Å². The number of anilines is 2. The van der Waals surface area contributed by atoms with Crippen LogP contribution in [0.25, 0.3) is 0 Å². The molecule has 0 saturated carbocycles. The van der Waals surface area contributed by atoms with Crippen molar-refractivity contribution < 1.29 is 0 Å². The predicted molar refractivity (Wildman–Crippen MR) is 133 cm³/mol. The number of rotatable bonds is 5. The lowest BCUT2D eigenvalue weighted by Crippen LogP contribution is -2.41. The largest absolute Gasteiger partial charge is 0.365 e. The second-order valence-electron chi connectivity index (χ2n) is 7.91. The van der Waals surface area contributed by atoms with Crippen molar-refractivity contribution in [1.82, 2.24) is 15.3 Å². The van der Waals surface area contributed by atoms with E-state index in [1.54, 1.807) is 6.07 Å². The average molecular weight is 485 g/mol. The Morgan fingerprint density at radius 1 is 1.13 bits per heavy atom. The van der Waals surface area contributed by atoms with Crippen molar-refractivity contribution in [3.8, 4) is 0 Å². The highest BCUT2D eigenvalue weighted by molar-refractivity contribution is 6.35. The summed E-state index contributed by atoms with van der Waals surface area (Å²) in [5.74, 6) is 2.04. The van der Waals surface area contributed by atoms with Gasteiger partial charge in [0.2, 0.25) is 5.95 Å². The van der Waals surface area contributed by atoms with Crippen LogP contribution in [-0.4, -0.2) is 35.6 Å². The topological polar surface area (TPSA) is 53.1 Å². The molecule has 0 spiro atoms. The number of piperidine rings is 1. The molecule has 0 bridgehead atoms.